The van der Waals surface area contributed by atoms with E-state index in [4.69, 9.17) is 5.73 Å². The smallest absolute Gasteiger partial charge is 0.0152 e. The van der Waals surface area contributed by atoms with Gasteiger partial charge in [-0.05, 0) is 43.9 Å². The standard InChI is InChI=1S/C16H30N2/c1-16(2)9-4-3-8-15(16)18-13-6-5-7-14(18)11-12(17)10-13/h12-15H,3-11,17H2,1-2H3. The molecule has 0 amide bonds. The van der Waals surface area contributed by atoms with E-state index < -0.39 is 0 Å². The molecule has 2 saturated heterocycles. The van der Waals surface area contributed by atoms with Crippen LogP contribution in [0.3, 0.4) is 0 Å². The number of rotatable bonds is 1. The molecule has 3 unspecified atom stereocenters. The van der Waals surface area contributed by atoms with Gasteiger partial charge in [-0.15, -0.1) is 0 Å². The van der Waals surface area contributed by atoms with Crippen LogP contribution in [0.5, 0.6) is 0 Å². The lowest BCUT2D eigenvalue weighted by Crippen LogP contribution is -2.62. The Morgan fingerprint density at radius 3 is 2.22 bits per heavy atom. The van der Waals surface area contributed by atoms with Gasteiger partial charge >= 0.3 is 0 Å². The minimum absolute atomic E-state index is 0.475. The Balaban J connectivity index is 1.81. The molecule has 3 rings (SSSR count). The molecule has 104 valence electrons. The Labute approximate surface area is 112 Å². The molecular weight excluding hydrogens is 220 g/mol. The lowest BCUT2D eigenvalue weighted by Gasteiger charge is -2.56. The van der Waals surface area contributed by atoms with Crippen molar-refractivity contribution in [3.05, 3.63) is 0 Å². The third kappa shape index (κ3) is 2.22. The van der Waals surface area contributed by atoms with Crippen molar-refractivity contribution in [3.63, 3.8) is 0 Å². The minimum atomic E-state index is 0.475. The molecule has 2 heterocycles. The normalized spacial score (nSPS) is 44.8. The quantitative estimate of drug-likeness (QED) is 0.773. The zero-order valence-corrected chi connectivity index (χ0v) is 12.2. The molecule has 1 saturated carbocycles. The zero-order valence-electron chi connectivity index (χ0n) is 12.2. The SMILES string of the molecule is CC1(C)CCCCC1N1C2CCCC1CC(N)C2. The molecule has 2 bridgehead atoms. The molecule has 3 atom stereocenters. The summed E-state index contributed by atoms with van der Waals surface area (Å²) in [5.41, 5.74) is 6.78. The minimum Gasteiger partial charge on any atom is -0.328 e. The second-order valence-corrected chi connectivity index (χ2v) is 7.67. The van der Waals surface area contributed by atoms with Gasteiger partial charge in [0.15, 0.2) is 0 Å². The lowest BCUT2D eigenvalue weighted by molar-refractivity contribution is -0.0620. The summed E-state index contributed by atoms with van der Waals surface area (Å²) in [4.78, 5) is 2.94. The maximum atomic E-state index is 6.26. The van der Waals surface area contributed by atoms with Gasteiger partial charge in [-0.25, -0.2) is 0 Å². The first-order chi connectivity index (χ1) is 8.58. The monoisotopic (exact) mass is 250 g/mol. The molecule has 0 aromatic carbocycles. The van der Waals surface area contributed by atoms with E-state index in [2.05, 4.69) is 18.7 Å². The molecule has 0 aromatic heterocycles. The van der Waals surface area contributed by atoms with Crippen LogP contribution in [0.2, 0.25) is 0 Å². The lowest BCUT2D eigenvalue weighted by atomic mass is 9.69. The van der Waals surface area contributed by atoms with Crippen LogP contribution in [-0.4, -0.2) is 29.1 Å². The summed E-state index contributed by atoms with van der Waals surface area (Å²) in [7, 11) is 0. The second-order valence-electron chi connectivity index (χ2n) is 7.67. The highest BCUT2D eigenvalue weighted by Crippen LogP contribution is 2.45. The summed E-state index contributed by atoms with van der Waals surface area (Å²) in [6.45, 7) is 5.00. The van der Waals surface area contributed by atoms with Crippen molar-refractivity contribution in [2.45, 2.75) is 95.8 Å². The van der Waals surface area contributed by atoms with Crippen LogP contribution in [0.25, 0.3) is 0 Å². The number of nitrogens with zero attached hydrogens (tertiary/aromatic N) is 1. The summed E-state index contributed by atoms with van der Waals surface area (Å²) in [6, 6.07) is 2.90. The number of piperidine rings is 2. The summed E-state index contributed by atoms with van der Waals surface area (Å²) in [5.74, 6) is 0. The first-order valence-corrected chi connectivity index (χ1v) is 8.11. The van der Waals surface area contributed by atoms with Crippen LogP contribution < -0.4 is 5.73 Å². The molecule has 0 spiro atoms. The van der Waals surface area contributed by atoms with Crippen molar-refractivity contribution in [3.8, 4) is 0 Å². The van der Waals surface area contributed by atoms with Gasteiger partial charge in [0.2, 0.25) is 0 Å². The summed E-state index contributed by atoms with van der Waals surface area (Å²) in [5, 5.41) is 0. The Kier molecular flexibility index (Phi) is 3.44. The number of hydrogen-bond donors (Lipinski definition) is 1. The fraction of sp³-hybridized carbons (Fsp3) is 1.00. The maximum absolute atomic E-state index is 6.26. The van der Waals surface area contributed by atoms with Crippen molar-refractivity contribution < 1.29 is 0 Å². The van der Waals surface area contributed by atoms with E-state index >= 15 is 0 Å². The van der Waals surface area contributed by atoms with Gasteiger partial charge in [-0.1, -0.05) is 33.1 Å². The van der Waals surface area contributed by atoms with E-state index in [-0.39, 0.29) is 0 Å². The highest BCUT2D eigenvalue weighted by molar-refractivity contribution is 5.01. The van der Waals surface area contributed by atoms with Gasteiger partial charge in [0, 0.05) is 24.2 Å². The van der Waals surface area contributed by atoms with E-state index in [1.165, 1.54) is 57.8 Å². The molecule has 1 aliphatic carbocycles. The van der Waals surface area contributed by atoms with E-state index in [0.29, 0.717) is 11.5 Å². The number of hydrogen-bond acceptors (Lipinski definition) is 2. The van der Waals surface area contributed by atoms with Gasteiger partial charge in [-0.2, -0.15) is 0 Å². The Bertz CT molecular complexity index is 285. The van der Waals surface area contributed by atoms with Crippen LogP contribution in [0, 0.1) is 5.41 Å². The molecule has 3 fully saturated rings. The van der Waals surface area contributed by atoms with Crippen LogP contribution in [-0.2, 0) is 0 Å². The molecule has 3 aliphatic rings. The topological polar surface area (TPSA) is 29.3 Å². The fourth-order valence-electron chi connectivity index (χ4n) is 5.00. The average Bonchev–Trinajstić information content (AvgIpc) is 2.28. The zero-order chi connectivity index (χ0) is 12.8. The summed E-state index contributed by atoms with van der Waals surface area (Å²) >= 11 is 0. The average molecular weight is 250 g/mol. The van der Waals surface area contributed by atoms with Gasteiger partial charge < -0.3 is 5.73 Å². The molecule has 2 aliphatic heterocycles. The van der Waals surface area contributed by atoms with Gasteiger partial charge in [-0.3, -0.25) is 4.90 Å². The van der Waals surface area contributed by atoms with E-state index in [9.17, 15) is 0 Å². The van der Waals surface area contributed by atoms with Crippen molar-refractivity contribution in [2.75, 3.05) is 0 Å². The van der Waals surface area contributed by atoms with Crippen LogP contribution >= 0.6 is 0 Å². The Hall–Kier alpha value is -0.0800. The van der Waals surface area contributed by atoms with Crippen LogP contribution in [0.4, 0.5) is 0 Å². The predicted molar refractivity (Wildman–Crippen MR) is 76.5 cm³/mol. The largest absolute Gasteiger partial charge is 0.328 e. The third-order valence-electron chi connectivity index (χ3n) is 5.88. The maximum Gasteiger partial charge on any atom is 0.0152 e. The summed E-state index contributed by atoms with van der Waals surface area (Å²) in [6.07, 6.45) is 12.5. The molecule has 2 heteroatoms. The predicted octanol–water partition coefficient (Wildman–Crippen LogP) is 3.30. The van der Waals surface area contributed by atoms with E-state index in [1.54, 1.807) is 0 Å². The third-order valence-corrected chi connectivity index (χ3v) is 5.88. The molecule has 18 heavy (non-hydrogen) atoms. The second kappa shape index (κ2) is 4.79. The van der Waals surface area contributed by atoms with Crippen molar-refractivity contribution >= 4 is 0 Å². The number of nitrogens with two attached hydrogens (primary N) is 1. The summed E-state index contributed by atoms with van der Waals surface area (Å²) < 4.78 is 0. The first-order valence-electron chi connectivity index (χ1n) is 8.11. The van der Waals surface area contributed by atoms with Gasteiger partial charge in [0.25, 0.3) is 0 Å². The first kappa shape index (κ1) is 12.9. The van der Waals surface area contributed by atoms with Crippen LogP contribution in [0.1, 0.15) is 71.6 Å². The highest BCUT2D eigenvalue weighted by Gasteiger charge is 2.45. The Morgan fingerprint density at radius 1 is 0.944 bits per heavy atom. The van der Waals surface area contributed by atoms with Crippen molar-refractivity contribution in [2.24, 2.45) is 11.1 Å². The Morgan fingerprint density at radius 2 is 1.61 bits per heavy atom. The fourth-order valence-corrected chi connectivity index (χ4v) is 5.00. The number of fused-ring (bicyclic) bond motifs is 2. The van der Waals surface area contributed by atoms with Gasteiger partial charge in [0.1, 0.15) is 0 Å². The van der Waals surface area contributed by atoms with Crippen molar-refractivity contribution in [1.82, 2.24) is 4.90 Å². The van der Waals surface area contributed by atoms with Gasteiger partial charge in [0.05, 0.1) is 0 Å². The van der Waals surface area contributed by atoms with Crippen LogP contribution in [0.15, 0.2) is 0 Å². The van der Waals surface area contributed by atoms with E-state index in [0.717, 1.165) is 18.1 Å². The van der Waals surface area contributed by atoms with E-state index in [1.807, 2.05) is 0 Å². The highest BCUT2D eigenvalue weighted by atomic mass is 15.2. The molecule has 2 N–H and O–H groups in total. The molecule has 2 nitrogen and oxygen atoms in total. The molecule has 0 aromatic rings. The molecular formula is C16H30N2. The van der Waals surface area contributed by atoms with Crippen molar-refractivity contribution in [1.29, 1.82) is 0 Å². The molecule has 0 radical (unpaired) electrons.